The molecule has 0 bridgehead atoms. The number of ether oxygens (including phenoxy) is 1. The molecule has 1 atom stereocenters. The summed E-state index contributed by atoms with van der Waals surface area (Å²) in [6.45, 7) is 5.57. The van der Waals surface area contributed by atoms with Crippen molar-refractivity contribution in [2.75, 3.05) is 26.3 Å². The van der Waals surface area contributed by atoms with Crippen LogP contribution in [0.5, 0.6) is 0 Å². The van der Waals surface area contributed by atoms with Crippen LogP contribution in [0.2, 0.25) is 0 Å². The Morgan fingerprint density at radius 3 is 2.81 bits per heavy atom. The van der Waals surface area contributed by atoms with E-state index in [-0.39, 0.29) is 12.3 Å². The number of aliphatic carboxylic acids is 1. The van der Waals surface area contributed by atoms with E-state index < -0.39 is 5.97 Å². The number of hydrogen-bond donors (Lipinski definition) is 2. The van der Waals surface area contributed by atoms with E-state index in [2.05, 4.69) is 5.32 Å². The van der Waals surface area contributed by atoms with Crippen LogP contribution in [-0.2, 0) is 9.53 Å². The topological polar surface area (TPSA) is 58.6 Å². The van der Waals surface area contributed by atoms with Gasteiger partial charge in [0.15, 0.2) is 0 Å². The van der Waals surface area contributed by atoms with Gasteiger partial charge in [-0.15, -0.1) is 0 Å². The fourth-order valence-corrected chi connectivity index (χ4v) is 2.06. The molecule has 0 aromatic heterocycles. The molecule has 0 aromatic carbocycles. The first-order chi connectivity index (χ1) is 7.68. The summed E-state index contributed by atoms with van der Waals surface area (Å²) in [6.07, 6.45) is 3.78. The fourth-order valence-electron chi connectivity index (χ4n) is 2.06. The molecule has 1 saturated heterocycles. The second-order valence-electron chi connectivity index (χ2n) is 4.75. The van der Waals surface area contributed by atoms with E-state index in [4.69, 9.17) is 9.84 Å². The first-order valence-electron chi connectivity index (χ1n) is 6.18. The molecule has 16 heavy (non-hydrogen) atoms. The SMILES string of the molecule is CC(CNCCC1CCOCC1)CC(=O)O. The minimum absolute atomic E-state index is 0.215. The summed E-state index contributed by atoms with van der Waals surface area (Å²) in [7, 11) is 0. The van der Waals surface area contributed by atoms with Gasteiger partial charge in [-0.3, -0.25) is 4.79 Å². The smallest absolute Gasteiger partial charge is 0.303 e. The number of hydrogen-bond acceptors (Lipinski definition) is 3. The second kappa shape index (κ2) is 7.63. The minimum Gasteiger partial charge on any atom is -0.481 e. The monoisotopic (exact) mass is 229 g/mol. The van der Waals surface area contributed by atoms with Gasteiger partial charge < -0.3 is 15.2 Å². The summed E-state index contributed by atoms with van der Waals surface area (Å²) in [4.78, 5) is 10.4. The van der Waals surface area contributed by atoms with Crippen LogP contribution >= 0.6 is 0 Å². The third-order valence-electron chi connectivity index (χ3n) is 3.09. The van der Waals surface area contributed by atoms with Crippen LogP contribution in [0, 0.1) is 11.8 Å². The summed E-state index contributed by atoms with van der Waals surface area (Å²) in [5.74, 6) is 0.293. The highest BCUT2D eigenvalue weighted by molar-refractivity contribution is 5.66. The Morgan fingerprint density at radius 1 is 1.50 bits per heavy atom. The maximum absolute atomic E-state index is 10.4. The second-order valence-corrected chi connectivity index (χ2v) is 4.75. The van der Waals surface area contributed by atoms with Crippen molar-refractivity contribution in [1.29, 1.82) is 0 Å². The molecule has 0 spiro atoms. The van der Waals surface area contributed by atoms with Gasteiger partial charge in [0.2, 0.25) is 0 Å². The molecule has 0 saturated carbocycles. The average Bonchev–Trinajstić information content (AvgIpc) is 2.25. The summed E-state index contributed by atoms with van der Waals surface area (Å²) < 4.78 is 5.30. The summed E-state index contributed by atoms with van der Waals surface area (Å²) >= 11 is 0. The quantitative estimate of drug-likeness (QED) is 0.650. The van der Waals surface area contributed by atoms with Gasteiger partial charge in [0.05, 0.1) is 0 Å². The number of carboxylic acids is 1. The van der Waals surface area contributed by atoms with Crippen LogP contribution in [0.1, 0.15) is 32.6 Å². The summed E-state index contributed by atoms with van der Waals surface area (Å²) in [6, 6.07) is 0. The van der Waals surface area contributed by atoms with E-state index in [0.29, 0.717) is 0 Å². The van der Waals surface area contributed by atoms with Crippen LogP contribution in [0.25, 0.3) is 0 Å². The number of nitrogens with one attached hydrogen (secondary N) is 1. The Hall–Kier alpha value is -0.610. The highest BCUT2D eigenvalue weighted by Crippen LogP contribution is 2.17. The molecule has 1 aliphatic heterocycles. The van der Waals surface area contributed by atoms with Crippen molar-refractivity contribution in [3.63, 3.8) is 0 Å². The van der Waals surface area contributed by atoms with Gasteiger partial charge in [0, 0.05) is 19.6 Å². The van der Waals surface area contributed by atoms with Gasteiger partial charge in [-0.05, 0) is 44.2 Å². The van der Waals surface area contributed by atoms with E-state index in [9.17, 15) is 4.79 Å². The third-order valence-corrected chi connectivity index (χ3v) is 3.09. The van der Waals surface area contributed by atoms with Gasteiger partial charge in [-0.2, -0.15) is 0 Å². The van der Waals surface area contributed by atoms with Crippen LogP contribution < -0.4 is 5.32 Å². The van der Waals surface area contributed by atoms with Crippen molar-refractivity contribution >= 4 is 5.97 Å². The zero-order valence-electron chi connectivity index (χ0n) is 10.1. The molecule has 1 aliphatic rings. The van der Waals surface area contributed by atoms with E-state index >= 15 is 0 Å². The molecule has 0 aliphatic carbocycles. The first-order valence-corrected chi connectivity index (χ1v) is 6.18. The number of rotatable bonds is 7. The Kier molecular flexibility index (Phi) is 6.42. The average molecular weight is 229 g/mol. The highest BCUT2D eigenvalue weighted by atomic mass is 16.5. The fraction of sp³-hybridized carbons (Fsp3) is 0.917. The maximum atomic E-state index is 10.4. The predicted molar refractivity (Wildman–Crippen MR) is 62.4 cm³/mol. The Bertz CT molecular complexity index is 202. The molecule has 4 nitrogen and oxygen atoms in total. The predicted octanol–water partition coefficient (Wildman–Crippen LogP) is 1.50. The van der Waals surface area contributed by atoms with E-state index in [1.54, 1.807) is 0 Å². The number of carboxylic acid groups (broad SMARTS) is 1. The standard InChI is InChI=1S/C12H23NO3/c1-10(8-12(14)15)9-13-5-2-11-3-6-16-7-4-11/h10-11,13H,2-9H2,1H3,(H,14,15). The van der Waals surface area contributed by atoms with Crippen LogP contribution in [-0.4, -0.2) is 37.4 Å². The van der Waals surface area contributed by atoms with Gasteiger partial charge in [-0.25, -0.2) is 0 Å². The van der Waals surface area contributed by atoms with Crippen molar-refractivity contribution in [3.05, 3.63) is 0 Å². The lowest BCUT2D eigenvalue weighted by Gasteiger charge is -2.22. The maximum Gasteiger partial charge on any atom is 0.303 e. The van der Waals surface area contributed by atoms with E-state index in [1.807, 2.05) is 6.92 Å². The van der Waals surface area contributed by atoms with Crippen LogP contribution in [0.15, 0.2) is 0 Å². The number of carbonyl (C=O) groups is 1. The Morgan fingerprint density at radius 2 is 2.19 bits per heavy atom. The van der Waals surface area contributed by atoms with Gasteiger partial charge >= 0.3 is 5.97 Å². The summed E-state index contributed by atoms with van der Waals surface area (Å²) in [5.41, 5.74) is 0. The van der Waals surface area contributed by atoms with Crippen molar-refractivity contribution in [2.24, 2.45) is 11.8 Å². The van der Waals surface area contributed by atoms with Crippen LogP contribution in [0.4, 0.5) is 0 Å². The van der Waals surface area contributed by atoms with E-state index in [1.165, 1.54) is 19.3 Å². The van der Waals surface area contributed by atoms with Crippen molar-refractivity contribution in [3.8, 4) is 0 Å². The Balaban J connectivity index is 1.96. The lowest BCUT2D eigenvalue weighted by molar-refractivity contribution is -0.137. The molecule has 0 amide bonds. The summed E-state index contributed by atoms with van der Waals surface area (Å²) in [5, 5.41) is 11.9. The van der Waals surface area contributed by atoms with Crippen LogP contribution in [0.3, 0.4) is 0 Å². The third kappa shape index (κ3) is 6.08. The molecule has 94 valence electrons. The van der Waals surface area contributed by atoms with E-state index in [0.717, 1.165) is 32.2 Å². The minimum atomic E-state index is -0.710. The van der Waals surface area contributed by atoms with Gasteiger partial charge in [-0.1, -0.05) is 6.92 Å². The molecule has 1 heterocycles. The molecule has 4 heteroatoms. The highest BCUT2D eigenvalue weighted by Gasteiger charge is 2.13. The molecular weight excluding hydrogens is 206 g/mol. The molecule has 1 unspecified atom stereocenters. The zero-order chi connectivity index (χ0) is 11.8. The largest absolute Gasteiger partial charge is 0.481 e. The van der Waals surface area contributed by atoms with Crippen molar-refractivity contribution in [1.82, 2.24) is 5.32 Å². The zero-order valence-corrected chi connectivity index (χ0v) is 10.1. The first kappa shape index (κ1) is 13.5. The van der Waals surface area contributed by atoms with Crippen molar-refractivity contribution in [2.45, 2.75) is 32.6 Å². The van der Waals surface area contributed by atoms with Gasteiger partial charge in [0.1, 0.15) is 0 Å². The molecule has 1 fully saturated rings. The molecule has 0 aromatic rings. The Labute approximate surface area is 97.4 Å². The molecular formula is C12H23NO3. The van der Waals surface area contributed by atoms with Gasteiger partial charge in [0.25, 0.3) is 0 Å². The molecule has 2 N–H and O–H groups in total. The van der Waals surface area contributed by atoms with Crippen molar-refractivity contribution < 1.29 is 14.6 Å². The normalized spacial score (nSPS) is 19.6. The lowest BCUT2D eigenvalue weighted by atomic mass is 9.96. The lowest BCUT2D eigenvalue weighted by Crippen LogP contribution is -2.26. The molecule has 1 rings (SSSR count). The molecule has 0 radical (unpaired) electrons.